The van der Waals surface area contributed by atoms with Gasteiger partial charge < -0.3 is 15.4 Å². The van der Waals surface area contributed by atoms with Gasteiger partial charge in [0.05, 0.1) is 6.61 Å². The quantitative estimate of drug-likeness (QED) is 0.752. The summed E-state index contributed by atoms with van der Waals surface area (Å²) in [5.41, 5.74) is 1.07. The van der Waals surface area contributed by atoms with Crippen molar-refractivity contribution in [1.82, 2.24) is 4.98 Å². The van der Waals surface area contributed by atoms with Crippen LogP contribution in [-0.2, 0) is 4.74 Å². The molecular weight excluding hydrogens is 190 g/mol. The first kappa shape index (κ1) is 11.8. The fourth-order valence-corrected chi connectivity index (χ4v) is 1.36. The zero-order valence-corrected chi connectivity index (χ0v) is 9.58. The van der Waals surface area contributed by atoms with Crippen LogP contribution in [0.25, 0.3) is 0 Å². The number of nitrogens with zero attached hydrogens (tertiary/aromatic N) is 1. The minimum atomic E-state index is 0.349. The van der Waals surface area contributed by atoms with Gasteiger partial charge in [0, 0.05) is 38.1 Å². The molecule has 15 heavy (non-hydrogen) atoms. The number of ether oxygens (including phenoxy) is 1. The molecule has 0 aliphatic carbocycles. The number of hydrogen-bond donors (Lipinski definition) is 2. The van der Waals surface area contributed by atoms with E-state index in [0.29, 0.717) is 12.6 Å². The first-order valence-corrected chi connectivity index (χ1v) is 5.19. The van der Waals surface area contributed by atoms with Crippen molar-refractivity contribution in [1.29, 1.82) is 0 Å². The fraction of sp³-hybridized carbons (Fsp3) is 0.545. The average Bonchev–Trinajstić information content (AvgIpc) is 2.29. The summed E-state index contributed by atoms with van der Waals surface area (Å²) in [6, 6.07) is 4.29. The summed E-state index contributed by atoms with van der Waals surface area (Å²) in [4.78, 5) is 4.15. The molecule has 84 valence electrons. The molecule has 1 aromatic rings. The van der Waals surface area contributed by atoms with Crippen LogP contribution < -0.4 is 10.6 Å². The largest absolute Gasteiger partial charge is 0.383 e. The molecule has 1 rings (SSSR count). The predicted molar refractivity (Wildman–Crippen MR) is 63.4 cm³/mol. The van der Waals surface area contributed by atoms with Crippen LogP contribution >= 0.6 is 0 Å². The maximum absolute atomic E-state index is 5.13. The Hall–Kier alpha value is -1.29. The molecule has 1 atom stereocenters. The lowest BCUT2D eigenvalue weighted by Crippen LogP contribution is -2.23. The number of hydrogen-bond acceptors (Lipinski definition) is 4. The van der Waals surface area contributed by atoms with Gasteiger partial charge in [-0.3, -0.25) is 0 Å². The van der Waals surface area contributed by atoms with Crippen LogP contribution in [0.2, 0.25) is 0 Å². The van der Waals surface area contributed by atoms with E-state index in [-0.39, 0.29) is 0 Å². The van der Waals surface area contributed by atoms with Crippen LogP contribution in [0, 0.1) is 0 Å². The van der Waals surface area contributed by atoms with Gasteiger partial charge in [0.1, 0.15) is 5.82 Å². The van der Waals surface area contributed by atoms with E-state index in [4.69, 9.17) is 4.74 Å². The van der Waals surface area contributed by atoms with Crippen molar-refractivity contribution in [2.45, 2.75) is 19.4 Å². The molecule has 0 spiro atoms. The highest BCUT2D eigenvalue weighted by Gasteiger charge is 2.05. The van der Waals surface area contributed by atoms with Crippen LogP contribution in [0.5, 0.6) is 0 Å². The molecule has 0 saturated carbocycles. The van der Waals surface area contributed by atoms with Crippen molar-refractivity contribution < 1.29 is 4.74 Å². The van der Waals surface area contributed by atoms with Gasteiger partial charge in [0.2, 0.25) is 0 Å². The van der Waals surface area contributed by atoms with E-state index < -0.39 is 0 Å². The van der Waals surface area contributed by atoms with Crippen molar-refractivity contribution in [2.24, 2.45) is 0 Å². The summed E-state index contributed by atoms with van der Waals surface area (Å²) < 4.78 is 5.13. The third kappa shape index (κ3) is 3.75. The van der Waals surface area contributed by atoms with Gasteiger partial charge in [-0.1, -0.05) is 6.92 Å². The molecule has 4 nitrogen and oxygen atoms in total. The molecule has 0 fully saturated rings. The Balaban J connectivity index is 2.61. The fourth-order valence-electron chi connectivity index (χ4n) is 1.36. The van der Waals surface area contributed by atoms with E-state index in [1.807, 2.05) is 19.2 Å². The van der Waals surface area contributed by atoms with E-state index in [2.05, 4.69) is 22.5 Å². The minimum absolute atomic E-state index is 0.349. The molecule has 1 aromatic heterocycles. The number of pyridine rings is 1. The highest BCUT2D eigenvalue weighted by atomic mass is 16.5. The Kier molecular flexibility index (Phi) is 4.90. The SMILES string of the molecule is CCC(COC)Nc1ccnc(NC)c1. The standard InChI is InChI=1S/C11H19N3O/c1-4-9(8-15-3)14-10-5-6-13-11(7-10)12-2/h5-7,9H,4,8H2,1-3H3,(H2,12,13,14). The molecule has 0 amide bonds. The maximum atomic E-state index is 5.13. The molecule has 4 heteroatoms. The van der Waals surface area contributed by atoms with Gasteiger partial charge in [-0.25, -0.2) is 4.98 Å². The third-order valence-electron chi connectivity index (χ3n) is 2.25. The summed E-state index contributed by atoms with van der Waals surface area (Å²) in [6.07, 6.45) is 2.82. The molecule has 1 heterocycles. The molecule has 1 unspecified atom stereocenters. The second-order valence-corrected chi connectivity index (χ2v) is 3.38. The van der Waals surface area contributed by atoms with E-state index in [1.165, 1.54) is 0 Å². The summed E-state index contributed by atoms with van der Waals surface area (Å²) in [6.45, 7) is 2.85. The highest BCUT2D eigenvalue weighted by molar-refractivity contribution is 5.52. The van der Waals surface area contributed by atoms with Crippen LogP contribution in [-0.4, -0.2) is 31.8 Å². The predicted octanol–water partition coefficient (Wildman–Crippen LogP) is 1.96. The molecular formula is C11H19N3O. The van der Waals surface area contributed by atoms with E-state index in [0.717, 1.165) is 17.9 Å². The first-order valence-electron chi connectivity index (χ1n) is 5.19. The Bertz CT molecular complexity index is 291. The molecule has 2 N–H and O–H groups in total. The van der Waals surface area contributed by atoms with Gasteiger partial charge in [0.15, 0.2) is 0 Å². The first-order chi connectivity index (χ1) is 7.30. The van der Waals surface area contributed by atoms with E-state index in [9.17, 15) is 0 Å². The number of rotatable bonds is 6. The van der Waals surface area contributed by atoms with Crippen molar-refractivity contribution in [3.63, 3.8) is 0 Å². The number of nitrogens with one attached hydrogen (secondary N) is 2. The molecule has 0 aromatic carbocycles. The Morgan fingerprint density at radius 3 is 2.93 bits per heavy atom. The zero-order chi connectivity index (χ0) is 11.1. The molecule has 0 aliphatic heterocycles. The Morgan fingerprint density at radius 1 is 1.53 bits per heavy atom. The lowest BCUT2D eigenvalue weighted by molar-refractivity contribution is 0.184. The van der Waals surface area contributed by atoms with Gasteiger partial charge in [-0.2, -0.15) is 0 Å². The third-order valence-corrected chi connectivity index (χ3v) is 2.25. The minimum Gasteiger partial charge on any atom is -0.383 e. The van der Waals surface area contributed by atoms with Gasteiger partial charge in [0.25, 0.3) is 0 Å². The zero-order valence-electron chi connectivity index (χ0n) is 9.58. The maximum Gasteiger partial charge on any atom is 0.127 e. The van der Waals surface area contributed by atoms with Crippen molar-refractivity contribution in [3.05, 3.63) is 18.3 Å². The Morgan fingerprint density at radius 2 is 2.33 bits per heavy atom. The lowest BCUT2D eigenvalue weighted by Gasteiger charge is -2.17. The topological polar surface area (TPSA) is 46.2 Å². The second kappa shape index (κ2) is 6.24. The van der Waals surface area contributed by atoms with Crippen LogP contribution in [0.4, 0.5) is 11.5 Å². The van der Waals surface area contributed by atoms with Crippen molar-refractivity contribution in [3.8, 4) is 0 Å². The molecule has 0 aliphatic rings. The summed E-state index contributed by atoms with van der Waals surface area (Å²) in [5, 5.41) is 6.41. The summed E-state index contributed by atoms with van der Waals surface area (Å²) in [5.74, 6) is 0.868. The number of methoxy groups -OCH3 is 1. The van der Waals surface area contributed by atoms with Crippen LogP contribution in [0.1, 0.15) is 13.3 Å². The van der Waals surface area contributed by atoms with Crippen molar-refractivity contribution in [2.75, 3.05) is 31.4 Å². The van der Waals surface area contributed by atoms with Gasteiger partial charge >= 0.3 is 0 Å². The smallest absolute Gasteiger partial charge is 0.127 e. The van der Waals surface area contributed by atoms with Gasteiger partial charge in [-0.15, -0.1) is 0 Å². The Labute approximate surface area is 91.1 Å². The van der Waals surface area contributed by atoms with Crippen molar-refractivity contribution >= 4 is 11.5 Å². The van der Waals surface area contributed by atoms with Crippen LogP contribution in [0.15, 0.2) is 18.3 Å². The molecule has 0 radical (unpaired) electrons. The summed E-state index contributed by atoms with van der Waals surface area (Å²) >= 11 is 0. The molecule has 0 saturated heterocycles. The monoisotopic (exact) mass is 209 g/mol. The van der Waals surface area contributed by atoms with Gasteiger partial charge in [-0.05, 0) is 12.5 Å². The number of aromatic nitrogens is 1. The lowest BCUT2D eigenvalue weighted by atomic mass is 10.2. The number of anilines is 2. The molecule has 0 bridgehead atoms. The normalized spacial score (nSPS) is 12.2. The van der Waals surface area contributed by atoms with E-state index >= 15 is 0 Å². The summed E-state index contributed by atoms with van der Waals surface area (Å²) in [7, 11) is 3.58. The average molecular weight is 209 g/mol. The van der Waals surface area contributed by atoms with E-state index in [1.54, 1.807) is 13.3 Å². The highest BCUT2D eigenvalue weighted by Crippen LogP contribution is 2.13. The van der Waals surface area contributed by atoms with Crippen LogP contribution in [0.3, 0.4) is 0 Å². The second-order valence-electron chi connectivity index (χ2n) is 3.38.